The van der Waals surface area contributed by atoms with E-state index >= 15 is 0 Å². The third kappa shape index (κ3) is 5.41. The number of hydrogen-bond donors (Lipinski definition) is 2. The Morgan fingerprint density at radius 1 is 1.42 bits per heavy atom. The summed E-state index contributed by atoms with van der Waals surface area (Å²) in [5, 5.41) is 16.5. The highest BCUT2D eigenvalue weighted by atomic mass is 127. The summed E-state index contributed by atoms with van der Waals surface area (Å²) in [6.07, 6.45) is 1.30. The lowest BCUT2D eigenvalue weighted by Crippen LogP contribution is -2.25. The van der Waals surface area contributed by atoms with Crippen molar-refractivity contribution in [2.75, 3.05) is 18.4 Å². The van der Waals surface area contributed by atoms with Gasteiger partial charge in [0.2, 0.25) is 5.91 Å². The molecule has 1 amide bonds. The molecule has 1 rings (SSSR count). The van der Waals surface area contributed by atoms with Crippen molar-refractivity contribution in [2.45, 2.75) is 19.8 Å². The Morgan fingerprint density at radius 3 is 2.74 bits per heavy atom. The van der Waals surface area contributed by atoms with Gasteiger partial charge in [-0.25, -0.2) is 0 Å². The van der Waals surface area contributed by atoms with Gasteiger partial charge in [-0.2, -0.15) is 0 Å². The summed E-state index contributed by atoms with van der Waals surface area (Å²) in [5.74, 6) is 0.00581. The third-order valence-corrected chi connectivity index (χ3v) is 3.30. The summed E-state index contributed by atoms with van der Waals surface area (Å²) < 4.78 is 0.765. The van der Waals surface area contributed by atoms with Crippen molar-refractivity contribution < 1.29 is 9.72 Å². The Bertz CT molecular complexity index is 466. The van der Waals surface area contributed by atoms with Crippen molar-refractivity contribution in [1.29, 1.82) is 0 Å². The van der Waals surface area contributed by atoms with Crippen LogP contribution in [0.3, 0.4) is 0 Å². The van der Waals surface area contributed by atoms with E-state index in [0.29, 0.717) is 19.5 Å². The summed E-state index contributed by atoms with van der Waals surface area (Å²) in [6.45, 7) is 3.19. The normalized spacial score (nSPS) is 10.0. The van der Waals surface area contributed by atoms with Gasteiger partial charge in [-0.15, -0.1) is 0 Å². The van der Waals surface area contributed by atoms with Gasteiger partial charge in [0.15, 0.2) is 0 Å². The molecular formula is C12H16IN3O3. The van der Waals surface area contributed by atoms with Crippen molar-refractivity contribution in [3.63, 3.8) is 0 Å². The van der Waals surface area contributed by atoms with E-state index in [9.17, 15) is 14.9 Å². The molecule has 7 heteroatoms. The number of nitro groups is 1. The predicted octanol–water partition coefficient (Wildman–Crippen LogP) is 2.53. The molecule has 2 N–H and O–H groups in total. The van der Waals surface area contributed by atoms with Gasteiger partial charge in [0.05, 0.1) is 4.92 Å². The molecule has 6 nitrogen and oxygen atoms in total. The van der Waals surface area contributed by atoms with Gasteiger partial charge in [-0.05, 0) is 35.1 Å². The summed E-state index contributed by atoms with van der Waals surface area (Å²) in [4.78, 5) is 21.5. The fourth-order valence-electron chi connectivity index (χ4n) is 1.42. The molecule has 0 aliphatic carbocycles. The maximum Gasteiger partial charge on any atom is 0.270 e. The van der Waals surface area contributed by atoms with Crippen LogP contribution in [-0.4, -0.2) is 23.9 Å². The quantitative estimate of drug-likeness (QED) is 0.435. The average molecular weight is 377 g/mol. The van der Waals surface area contributed by atoms with E-state index in [-0.39, 0.29) is 11.6 Å². The molecule has 0 saturated heterocycles. The standard InChI is InChI=1S/C12H16IN3O3/c1-2-6-15-12(17)5-7-14-11-4-3-9(16(18)19)8-10(11)13/h3-4,8,14H,2,5-7H2,1H3,(H,15,17). The zero-order valence-electron chi connectivity index (χ0n) is 10.6. The second-order valence-electron chi connectivity index (χ2n) is 3.95. The highest BCUT2D eigenvalue weighted by Crippen LogP contribution is 2.23. The molecule has 0 saturated carbocycles. The molecule has 0 bridgehead atoms. The Hall–Kier alpha value is -1.38. The van der Waals surface area contributed by atoms with Crippen molar-refractivity contribution in [3.8, 4) is 0 Å². The van der Waals surface area contributed by atoms with Gasteiger partial charge in [0, 0.05) is 40.9 Å². The second kappa shape index (κ2) is 7.93. The molecular weight excluding hydrogens is 361 g/mol. The maximum atomic E-state index is 11.4. The Balaban J connectivity index is 2.45. The Kier molecular flexibility index (Phi) is 6.54. The lowest BCUT2D eigenvalue weighted by atomic mass is 10.2. The molecule has 0 fully saturated rings. The average Bonchev–Trinajstić information content (AvgIpc) is 2.38. The van der Waals surface area contributed by atoms with Crippen molar-refractivity contribution in [1.82, 2.24) is 5.32 Å². The largest absolute Gasteiger partial charge is 0.384 e. The molecule has 0 radical (unpaired) electrons. The number of carbonyl (C=O) groups is 1. The van der Waals surface area contributed by atoms with E-state index in [1.54, 1.807) is 6.07 Å². The van der Waals surface area contributed by atoms with Crippen LogP contribution in [0.5, 0.6) is 0 Å². The first-order valence-corrected chi connectivity index (χ1v) is 7.07. The molecule has 0 aromatic heterocycles. The highest BCUT2D eigenvalue weighted by Gasteiger charge is 2.09. The van der Waals surface area contributed by atoms with Crippen LogP contribution in [-0.2, 0) is 4.79 Å². The highest BCUT2D eigenvalue weighted by molar-refractivity contribution is 14.1. The van der Waals surface area contributed by atoms with Gasteiger partial charge in [0.25, 0.3) is 5.69 Å². The number of nitrogens with zero attached hydrogens (tertiary/aromatic N) is 1. The number of nitro benzene ring substituents is 1. The fourth-order valence-corrected chi connectivity index (χ4v) is 2.11. The van der Waals surface area contributed by atoms with Gasteiger partial charge in [-0.1, -0.05) is 6.92 Å². The summed E-state index contributed by atoms with van der Waals surface area (Å²) in [5.41, 5.74) is 0.866. The van der Waals surface area contributed by atoms with E-state index in [0.717, 1.165) is 15.7 Å². The topological polar surface area (TPSA) is 84.3 Å². The molecule has 104 valence electrons. The van der Waals surface area contributed by atoms with E-state index < -0.39 is 4.92 Å². The van der Waals surface area contributed by atoms with E-state index in [1.807, 2.05) is 29.5 Å². The second-order valence-corrected chi connectivity index (χ2v) is 5.11. The molecule has 0 heterocycles. The lowest BCUT2D eigenvalue weighted by Gasteiger charge is -2.08. The van der Waals surface area contributed by atoms with Crippen molar-refractivity contribution >= 4 is 39.9 Å². The minimum atomic E-state index is -0.426. The Labute approximate surface area is 125 Å². The number of benzene rings is 1. The Morgan fingerprint density at radius 2 is 2.16 bits per heavy atom. The maximum absolute atomic E-state index is 11.4. The van der Waals surface area contributed by atoms with E-state index in [2.05, 4.69) is 10.6 Å². The van der Waals surface area contributed by atoms with Crippen LogP contribution in [0.1, 0.15) is 19.8 Å². The van der Waals surface area contributed by atoms with Crippen LogP contribution in [0.2, 0.25) is 0 Å². The van der Waals surface area contributed by atoms with Crippen LogP contribution in [0.15, 0.2) is 18.2 Å². The van der Waals surface area contributed by atoms with E-state index in [1.165, 1.54) is 12.1 Å². The summed E-state index contributed by atoms with van der Waals surface area (Å²) in [6, 6.07) is 4.60. The number of hydrogen-bond acceptors (Lipinski definition) is 4. The first kappa shape index (κ1) is 15.7. The third-order valence-electron chi connectivity index (χ3n) is 2.40. The van der Waals surface area contributed by atoms with Gasteiger partial charge in [0.1, 0.15) is 0 Å². The van der Waals surface area contributed by atoms with Crippen LogP contribution in [0, 0.1) is 13.7 Å². The number of halogens is 1. The zero-order valence-corrected chi connectivity index (χ0v) is 12.8. The molecule has 0 aliphatic rings. The smallest absolute Gasteiger partial charge is 0.270 e. The molecule has 1 aromatic rings. The molecule has 0 atom stereocenters. The van der Waals surface area contributed by atoms with Crippen LogP contribution < -0.4 is 10.6 Å². The SMILES string of the molecule is CCCNC(=O)CCNc1ccc([N+](=O)[O-])cc1I. The fraction of sp³-hybridized carbons (Fsp3) is 0.417. The van der Waals surface area contributed by atoms with Crippen LogP contribution in [0.25, 0.3) is 0 Å². The van der Waals surface area contributed by atoms with Crippen LogP contribution >= 0.6 is 22.6 Å². The molecule has 0 aliphatic heterocycles. The molecule has 0 spiro atoms. The van der Waals surface area contributed by atoms with Crippen molar-refractivity contribution in [2.24, 2.45) is 0 Å². The molecule has 19 heavy (non-hydrogen) atoms. The minimum absolute atomic E-state index is 0.00581. The first-order chi connectivity index (χ1) is 9.04. The molecule has 0 unspecified atom stereocenters. The van der Waals surface area contributed by atoms with Gasteiger partial charge >= 0.3 is 0 Å². The molecule has 1 aromatic carbocycles. The number of non-ortho nitro benzene ring substituents is 1. The number of nitrogens with one attached hydrogen (secondary N) is 2. The summed E-state index contributed by atoms with van der Waals surface area (Å²) in [7, 11) is 0. The predicted molar refractivity (Wildman–Crippen MR) is 82.2 cm³/mol. The number of carbonyl (C=O) groups excluding carboxylic acids is 1. The van der Waals surface area contributed by atoms with E-state index in [4.69, 9.17) is 0 Å². The van der Waals surface area contributed by atoms with Crippen molar-refractivity contribution in [3.05, 3.63) is 31.9 Å². The monoisotopic (exact) mass is 377 g/mol. The van der Waals surface area contributed by atoms with Crippen LogP contribution in [0.4, 0.5) is 11.4 Å². The minimum Gasteiger partial charge on any atom is -0.384 e. The summed E-state index contributed by atoms with van der Waals surface area (Å²) >= 11 is 2.03. The number of anilines is 1. The number of amides is 1. The number of rotatable bonds is 7. The zero-order chi connectivity index (χ0) is 14.3. The lowest BCUT2D eigenvalue weighted by molar-refractivity contribution is -0.384. The van der Waals surface area contributed by atoms with Gasteiger partial charge in [-0.3, -0.25) is 14.9 Å². The van der Waals surface area contributed by atoms with Gasteiger partial charge < -0.3 is 10.6 Å². The first-order valence-electron chi connectivity index (χ1n) is 5.99.